The maximum atomic E-state index is 13.1. The second-order valence-electron chi connectivity index (χ2n) is 7.31. The Balaban J connectivity index is 1.73. The number of esters is 1. The summed E-state index contributed by atoms with van der Waals surface area (Å²) in [6.45, 7) is 5.44. The van der Waals surface area contributed by atoms with E-state index < -0.39 is 22.1 Å². The Labute approximate surface area is 188 Å². The number of anilines is 1. The van der Waals surface area contributed by atoms with Crippen LogP contribution in [0.15, 0.2) is 83.8 Å². The van der Waals surface area contributed by atoms with Crippen molar-refractivity contribution in [1.82, 2.24) is 0 Å². The van der Waals surface area contributed by atoms with Crippen LogP contribution in [0.4, 0.5) is 5.69 Å². The molecular formula is C25H25NO5S. The van der Waals surface area contributed by atoms with Crippen molar-refractivity contribution in [2.24, 2.45) is 0 Å². The average molecular weight is 452 g/mol. The SMILES string of the molecule is CCN(c1ccccc1)S(=O)(=O)c1ccc(C(=O)O[C@@H](C)C(=O)c2ccc(C)cc2)cc1. The highest BCUT2D eigenvalue weighted by atomic mass is 32.2. The summed E-state index contributed by atoms with van der Waals surface area (Å²) < 4.78 is 32.7. The van der Waals surface area contributed by atoms with Gasteiger partial charge in [-0.25, -0.2) is 13.2 Å². The van der Waals surface area contributed by atoms with E-state index in [9.17, 15) is 18.0 Å². The molecule has 166 valence electrons. The first-order chi connectivity index (χ1) is 15.2. The van der Waals surface area contributed by atoms with Crippen LogP contribution in [0.5, 0.6) is 0 Å². The molecule has 0 aliphatic rings. The molecule has 0 radical (unpaired) electrons. The van der Waals surface area contributed by atoms with Crippen molar-refractivity contribution in [3.63, 3.8) is 0 Å². The first kappa shape index (κ1) is 23.2. The monoisotopic (exact) mass is 451 g/mol. The largest absolute Gasteiger partial charge is 0.451 e. The molecule has 3 aromatic rings. The Morgan fingerprint density at radius 2 is 1.44 bits per heavy atom. The molecule has 0 fully saturated rings. The zero-order valence-corrected chi connectivity index (χ0v) is 19.0. The molecule has 0 N–H and O–H groups in total. The summed E-state index contributed by atoms with van der Waals surface area (Å²) in [7, 11) is -3.80. The number of hydrogen-bond acceptors (Lipinski definition) is 5. The van der Waals surface area contributed by atoms with Gasteiger partial charge in [-0.3, -0.25) is 9.10 Å². The molecular weight excluding hydrogens is 426 g/mol. The minimum absolute atomic E-state index is 0.0588. The number of Topliss-reactive ketones (excluding diaryl/α,β-unsaturated/α-hetero) is 1. The maximum Gasteiger partial charge on any atom is 0.338 e. The van der Waals surface area contributed by atoms with Gasteiger partial charge >= 0.3 is 5.97 Å². The summed E-state index contributed by atoms with van der Waals surface area (Å²) in [5.74, 6) is -1.00. The smallest absolute Gasteiger partial charge is 0.338 e. The van der Waals surface area contributed by atoms with Crippen molar-refractivity contribution in [3.8, 4) is 0 Å². The van der Waals surface area contributed by atoms with Crippen LogP contribution in [0.3, 0.4) is 0 Å². The molecule has 0 saturated carbocycles. The lowest BCUT2D eigenvalue weighted by molar-refractivity contribution is 0.0318. The fourth-order valence-electron chi connectivity index (χ4n) is 3.21. The van der Waals surface area contributed by atoms with Crippen LogP contribution in [-0.2, 0) is 14.8 Å². The van der Waals surface area contributed by atoms with Crippen molar-refractivity contribution >= 4 is 27.5 Å². The predicted molar refractivity (Wildman–Crippen MR) is 123 cm³/mol. The van der Waals surface area contributed by atoms with Gasteiger partial charge in [0.05, 0.1) is 16.1 Å². The Bertz CT molecular complexity index is 1190. The Hall–Kier alpha value is -3.45. The average Bonchev–Trinajstić information content (AvgIpc) is 2.80. The summed E-state index contributed by atoms with van der Waals surface area (Å²) in [5.41, 5.74) is 2.20. The highest BCUT2D eigenvalue weighted by molar-refractivity contribution is 7.92. The summed E-state index contributed by atoms with van der Waals surface area (Å²) in [5, 5.41) is 0. The molecule has 3 rings (SSSR count). The Morgan fingerprint density at radius 3 is 2.00 bits per heavy atom. The fourth-order valence-corrected chi connectivity index (χ4v) is 4.68. The lowest BCUT2D eigenvalue weighted by Crippen LogP contribution is -2.30. The van der Waals surface area contributed by atoms with E-state index in [1.54, 1.807) is 43.3 Å². The summed E-state index contributed by atoms with van der Waals surface area (Å²) >= 11 is 0. The molecule has 0 saturated heterocycles. The number of nitrogens with zero attached hydrogens (tertiary/aromatic N) is 1. The van der Waals surface area contributed by atoms with Gasteiger partial charge in [-0.15, -0.1) is 0 Å². The predicted octanol–water partition coefficient (Wildman–Crippen LogP) is 4.64. The highest BCUT2D eigenvalue weighted by Crippen LogP contribution is 2.23. The summed E-state index contributed by atoms with van der Waals surface area (Å²) in [6.07, 6.45) is -0.970. The molecule has 3 aromatic carbocycles. The molecule has 0 spiro atoms. The van der Waals surface area contributed by atoms with E-state index in [-0.39, 0.29) is 22.8 Å². The standard InChI is InChI=1S/C25H25NO5S/c1-4-26(22-8-6-5-7-9-22)32(29,30)23-16-14-21(15-17-23)25(28)31-19(3)24(27)20-12-10-18(2)11-13-20/h5-17,19H,4H2,1-3H3/t19-/m0/s1. The molecule has 0 unspecified atom stereocenters. The first-order valence-corrected chi connectivity index (χ1v) is 11.7. The van der Waals surface area contributed by atoms with Crippen LogP contribution in [0.1, 0.15) is 40.1 Å². The van der Waals surface area contributed by atoms with Crippen molar-refractivity contribution in [1.29, 1.82) is 0 Å². The van der Waals surface area contributed by atoms with E-state index in [4.69, 9.17) is 4.74 Å². The maximum absolute atomic E-state index is 13.1. The topological polar surface area (TPSA) is 80.8 Å². The molecule has 0 aliphatic carbocycles. The van der Waals surface area contributed by atoms with Crippen LogP contribution >= 0.6 is 0 Å². The second-order valence-corrected chi connectivity index (χ2v) is 9.17. The minimum Gasteiger partial charge on any atom is -0.451 e. The minimum atomic E-state index is -3.80. The van der Waals surface area contributed by atoms with Gasteiger partial charge < -0.3 is 4.74 Å². The number of hydrogen-bond donors (Lipinski definition) is 0. The van der Waals surface area contributed by atoms with E-state index >= 15 is 0 Å². The van der Waals surface area contributed by atoms with Crippen LogP contribution in [-0.4, -0.2) is 32.8 Å². The van der Waals surface area contributed by atoms with E-state index in [1.165, 1.54) is 35.5 Å². The third-order valence-corrected chi connectivity index (χ3v) is 6.92. The third-order valence-electron chi connectivity index (χ3n) is 5.00. The fraction of sp³-hybridized carbons (Fsp3) is 0.200. The molecule has 0 amide bonds. The van der Waals surface area contributed by atoms with E-state index in [1.807, 2.05) is 25.1 Å². The van der Waals surface area contributed by atoms with E-state index in [0.29, 0.717) is 11.3 Å². The molecule has 0 aliphatic heterocycles. The first-order valence-electron chi connectivity index (χ1n) is 10.2. The van der Waals surface area contributed by atoms with Crippen molar-refractivity contribution < 1.29 is 22.7 Å². The number of ketones is 1. The number of carbonyl (C=O) groups excluding carboxylic acids is 2. The molecule has 1 atom stereocenters. The molecule has 0 bridgehead atoms. The van der Waals surface area contributed by atoms with Gasteiger partial charge in [-0.05, 0) is 57.2 Å². The normalized spacial score (nSPS) is 12.1. The Morgan fingerprint density at radius 1 is 0.875 bits per heavy atom. The number of aryl methyl sites for hydroxylation is 1. The summed E-state index contributed by atoms with van der Waals surface area (Å²) in [4.78, 5) is 25.0. The number of carbonyl (C=O) groups is 2. The van der Waals surface area contributed by atoms with Crippen LogP contribution in [0, 0.1) is 6.92 Å². The van der Waals surface area contributed by atoms with Gasteiger partial charge in [0.2, 0.25) is 5.78 Å². The van der Waals surface area contributed by atoms with Gasteiger partial charge in [0.25, 0.3) is 10.0 Å². The van der Waals surface area contributed by atoms with Crippen LogP contribution in [0.2, 0.25) is 0 Å². The van der Waals surface area contributed by atoms with E-state index in [0.717, 1.165) is 5.56 Å². The molecule has 0 heterocycles. The van der Waals surface area contributed by atoms with Crippen molar-refractivity contribution in [2.45, 2.75) is 31.8 Å². The Kier molecular flexibility index (Phi) is 7.10. The lowest BCUT2D eigenvalue weighted by Gasteiger charge is -2.23. The number of benzene rings is 3. The summed E-state index contributed by atoms with van der Waals surface area (Å²) in [6, 6.07) is 21.3. The van der Waals surface area contributed by atoms with Gasteiger partial charge in [0.15, 0.2) is 6.10 Å². The second kappa shape index (κ2) is 9.78. The van der Waals surface area contributed by atoms with Crippen LogP contribution < -0.4 is 4.31 Å². The molecule has 32 heavy (non-hydrogen) atoms. The van der Waals surface area contributed by atoms with Gasteiger partial charge in [0, 0.05) is 12.1 Å². The number of ether oxygens (including phenoxy) is 1. The number of para-hydroxylation sites is 1. The van der Waals surface area contributed by atoms with Crippen molar-refractivity contribution in [2.75, 3.05) is 10.8 Å². The zero-order valence-electron chi connectivity index (χ0n) is 18.2. The van der Waals surface area contributed by atoms with Crippen LogP contribution in [0.25, 0.3) is 0 Å². The lowest BCUT2D eigenvalue weighted by atomic mass is 10.1. The number of sulfonamides is 1. The van der Waals surface area contributed by atoms with Gasteiger partial charge in [0.1, 0.15) is 0 Å². The molecule has 6 nitrogen and oxygen atoms in total. The third kappa shape index (κ3) is 5.06. The quantitative estimate of drug-likeness (QED) is 0.368. The van der Waals surface area contributed by atoms with E-state index in [2.05, 4.69) is 0 Å². The van der Waals surface area contributed by atoms with Gasteiger partial charge in [-0.1, -0.05) is 48.0 Å². The zero-order chi connectivity index (χ0) is 23.3. The molecule has 7 heteroatoms. The van der Waals surface area contributed by atoms with Gasteiger partial charge in [-0.2, -0.15) is 0 Å². The van der Waals surface area contributed by atoms with Crippen molar-refractivity contribution in [3.05, 3.63) is 95.6 Å². The highest BCUT2D eigenvalue weighted by Gasteiger charge is 2.25. The molecule has 0 aromatic heterocycles. The number of rotatable bonds is 8.